The molecule has 0 aliphatic carbocycles. The van der Waals surface area contributed by atoms with Crippen LogP contribution in [0.1, 0.15) is 14.1 Å². The Morgan fingerprint density at radius 2 is 0.714 bits per heavy atom. The molecule has 0 amide bonds. The molecule has 0 aromatic carbocycles. The lowest BCUT2D eigenvalue weighted by atomic mass is 9.87. The molecule has 0 aromatic heterocycles. The Hall–Kier alpha value is -1.24. The molecular formula is C46H94O31. The Labute approximate surface area is 451 Å². The van der Waals surface area contributed by atoms with Crippen LogP contribution in [-0.2, 0) is 71.1 Å². The number of aliphatic hydroxyl groups is 16. The molecule has 0 bridgehead atoms. The standard InChI is InChI=1S/C25H46O16.C21H38O15.5H2/c1-35-6-11-13(3-26)39-17(21(31)19(11)29)9-37-7-12-14(4-27)40-18(22(32)20(12)30)10-38-25-15(5-28)41-16(8-36-2)23(33)24(25)34;1-7-16(10(23)13(26)19(30-3)33-7)36-21-15(28)11(24)17(29-2)9(35-21)6-32-18-8(5-22)34-20(31-4)14(27)12(18)25;;;;;/h11-34H,3-10H2,1-2H3;7-28H,5-6H2,1-4H3;5*1H. The first-order valence-electron chi connectivity index (χ1n) is 25.3. The summed E-state index contributed by atoms with van der Waals surface area (Å²) in [6.45, 7) is -1.63. The zero-order valence-corrected chi connectivity index (χ0v) is 43.7. The van der Waals surface area contributed by atoms with Crippen molar-refractivity contribution in [3.63, 3.8) is 0 Å². The summed E-state index contributed by atoms with van der Waals surface area (Å²) in [5.41, 5.74) is 0. The van der Waals surface area contributed by atoms with Crippen LogP contribution >= 0.6 is 0 Å². The lowest BCUT2D eigenvalue weighted by Crippen LogP contribution is -2.64. The molecular weight excluding hydrogens is 1050 g/mol. The summed E-state index contributed by atoms with van der Waals surface area (Å²) in [6.07, 6.45) is -34.5. The quantitative estimate of drug-likeness (QED) is 0.0452. The molecule has 30 atom stereocenters. The largest absolute Gasteiger partial charge is 0.394 e. The van der Waals surface area contributed by atoms with E-state index in [1.165, 1.54) is 35.5 Å². The van der Waals surface area contributed by atoms with Crippen molar-refractivity contribution in [2.45, 2.75) is 178 Å². The number of methoxy groups -OCH3 is 5. The summed E-state index contributed by atoms with van der Waals surface area (Å²) in [6, 6.07) is 0. The van der Waals surface area contributed by atoms with Crippen molar-refractivity contribution in [1.29, 1.82) is 0 Å². The van der Waals surface area contributed by atoms with Crippen molar-refractivity contribution in [2.24, 2.45) is 11.8 Å². The van der Waals surface area contributed by atoms with Gasteiger partial charge in [0, 0.05) is 54.5 Å². The lowest BCUT2D eigenvalue weighted by Gasteiger charge is -2.47. The predicted molar refractivity (Wildman–Crippen MR) is 259 cm³/mol. The SMILES string of the molecule is COC1OC(C)C(OC2OC(COC3C(CO)OC(OC)C(O)C3O)C(OC)C(O)C2O)C(O)C1O.COCC1OC(CO)C(OCC2OC(CO)C(COCC3OC(CO)C(COC)C(O)C3O)C(O)C2O)C(O)C1O.[HH].[HH].[HH].[HH].[HH]. The van der Waals surface area contributed by atoms with Crippen LogP contribution in [0, 0.1) is 11.8 Å². The van der Waals surface area contributed by atoms with E-state index < -0.39 is 210 Å². The topological polar surface area (TPSA) is 462 Å². The van der Waals surface area contributed by atoms with Crippen molar-refractivity contribution in [3.8, 4) is 0 Å². The van der Waals surface area contributed by atoms with E-state index in [-0.39, 0.29) is 46.8 Å². The highest BCUT2D eigenvalue weighted by Gasteiger charge is 2.53. The first kappa shape index (κ1) is 66.6. The summed E-state index contributed by atoms with van der Waals surface area (Å²) in [7, 11) is 6.67. The van der Waals surface area contributed by atoms with Gasteiger partial charge in [-0.05, 0) is 6.92 Å². The first-order valence-corrected chi connectivity index (χ1v) is 25.3. The highest BCUT2D eigenvalue weighted by atomic mass is 16.7. The normalized spacial score (nSPS) is 47.8. The van der Waals surface area contributed by atoms with Crippen molar-refractivity contribution in [2.75, 3.05) is 102 Å². The Kier molecular flexibility index (Phi) is 27.2. The second kappa shape index (κ2) is 31.4. The van der Waals surface area contributed by atoms with Gasteiger partial charge in [0.2, 0.25) is 0 Å². The van der Waals surface area contributed by atoms with Gasteiger partial charge in [0.25, 0.3) is 0 Å². The fourth-order valence-electron chi connectivity index (χ4n) is 10.3. The minimum absolute atomic E-state index is 0. The van der Waals surface area contributed by atoms with Crippen LogP contribution in [0.4, 0.5) is 0 Å². The molecule has 0 saturated carbocycles. The van der Waals surface area contributed by atoms with E-state index >= 15 is 0 Å². The molecule has 31 heteroatoms. The molecule has 6 heterocycles. The predicted octanol–water partition coefficient (Wildman–Crippen LogP) is -9.00. The average Bonchev–Trinajstić information content (AvgIpc) is 3.48. The van der Waals surface area contributed by atoms with E-state index in [0.717, 1.165) is 0 Å². The highest BCUT2D eigenvalue weighted by Crippen LogP contribution is 2.34. The van der Waals surface area contributed by atoms with E-state index in [2.05, 4.69) is 0 Å². The fourth-order valence-corrected chi connectivity index (χ4v) is 10.3. The summed E-state index contributed by atoms with van der Waals surface area (Å²) in [4.78, 5) is 0. The van der Waals surface area contributed by atoms with Crippen molar-refractivity contribution < 1.29 is 160 Å². The van der Waals surface area contributed by atoms with E-state index in [0.29, 0.717) is 0 Å². The third-order valence-corrected chi connectivity index (χ3v) is 14.8. The first-order chi connectivity index (χ1) is 36.7. The van der Waals surface area contributed by atoms with Gasteiger partial charge in [-0.1, -0.05) is 0 Å². The minimum Gasteiger partial charge on any atom is -0.394 e. The van der Waals surface area contributed by atoms with Gasteiger partial charge in [-0.15, -0.1) is 0 Å². The molecule has 31 nitrogen and oxygen atoms in total. The van der Waals surface area contributed by atoms with Crippen molar-refractivity contribution >= 4 is 0 Å². The molecule has 0 aromatic rings. The van der Waals surface area contributed by atoms with E-state index in [4.69, 9.17) is 71.1 Å². The molecule has 6 fully saturated rings. The summed E-state index contributed by atoms with van der Waals surface area (Å²) in [5.74, 6) is -1.56. The van der Waals surface area contributed by atoms with Crippen LogP contribution in [-0.4, -0.2) is 355 Å². The molecule has 0 spiro atoms. The van der Waals surface area contributed by atoms with Crippen LogP contribution in [0.15, 0.2) is 0 Å². The summed E-state index contributed by atoms with van der Waals surface area (Å²) >= 11 is 0. The summed E-state index contributed by atoms with van der Waals surface area (Å²) in [5, 5.41) is 165. The zero-order chi connectivity index (χ0) is 57.0. The van der Waals surface area contributed by atoms with E-state index in [1.807, 2.05) is 0 Å². The van der Waals surface area contributed by atoms with E-state index in [9.17, 15) is 81.7 Å². The third-order valence-electron chi connectivity index (χ3n) is 14.8. The number of ether oxygens (including phenoxy) is 15. The van der Waals surface area contributed by atoms with Gasteiger partial charge >= 0.3 is 0 Å². The van der Waals surface area contributed by atoms with Crippen molar-refractivity contribution in [3.05, 3.63) is 0 Å². The number of hydrogen-bond acceptors (Lipinski definition) is 31. The Morgan fingerprint density at radius 1 is 0.325 bits per heavy atom. The Bertz CT molecular complexity index is 1670. The molecule has 464 valence electrons. The number of aliphatic hydroxyl groups excluding tert-OH is 16. The molecule has 6 aliphatic rings. The molecule has 6 saturated heterocycles. The monoisotopic (exact) mass is 1140 g/mol. The smallest absolute Gasteiger partial charge is 0.187 e. The van der Waals surface area contributed by atoms with Gasteiger partial charge < -0.3 is 153 Å². The maximum Gasteiger partial charge on any atom is 0.187 e. The molecule has 30 unspecified atom stereocenters. The van der Waals surface area contributed by atoms with Gasteiger partial charge in [0.1, 0.15) is 122 Å². The molecule has 6 rings (SSSR count). The van der Waals surface area contributed by atoms with Gasteiger partial charge in [-0.25, -0.2) is 0 Å². The van der Waals surface area contributed by atoms with E-state index in [1.54, 1.807) is 6.92 Å². The lowest BCUT2D eigenvalue weighted by molar-refractivity contribution is -0.359. The molecule has 16 N–H and O–H groups in total. The number of rotatable bonds is 23. The molecule has 77 heavy (non-hydrogen) atoms. The van der Waals surface area contributed by atoms with Crippen LogP contribution < -0.4 is 0 Å². The molecule has 0 radical (unpaired) electrons. The van der Waals surface area contributed by atoms with Crippen LogP contribution in [0.5, 0.6) is 0 Å². The highest BCUT2D eigenvalue weighted by molar-refractivity contribution is 4.98. The fraction of sp³-hybridized carbons (Fsp3) is 1.00. The molecule has 6 aliphatic heterocycles. The van der Waals surface area contributed by atoms with Gasteiger partial charge in [-0.3, -0.25) is 0 Å². The van der Waals surface area contributed by atoms with Crippen LogP contribution in [0.2, 0.25) is 0 Å². The Morgan fingerprint density at radius 3 is 1.22 bits per heavy atom. The average molecular weight is 1140 g/mol. The van der Waals surface area contributed by atoms with Gasteiger partial charge in [0.05, 0.1) is 96.6 Å². The number of hydrogen-bond donors (Lipinski definition) is 16. The maximum absolute atomic E-state index is 10.8. The van der Waals surface area contributed by atoms with Gasteiger partial charge in [-0.2, -0.15) is 0 Å². The second-order valence-electron chi connectivity index (χ2n) is 19.7. The van der Waals surface area contributed by atoms with Crippen LogP contribution in [0.3, 0.4) is 0 Å². The van der Waals surface area contributed by atoms with Crippen LogP contribution in [0.25, 0.3) is 0 Å². The third kappa shape index (κ3) is 15.7. The van der Waals surface area contributed by atoms with Crippen molar-refractivity contribution in [1.82, 2.24) is 0 Å². The summed E-state index contributed by atoms with van der Waals surface area (Å²) < 4.78 is 81.7. The minimum atomic E-state index is -1.61. The van der Waals surface area contributed by atoms with Gasteiger partial charge in [0.15, 0.2) is 18.9 Å². The maximum atomic E-state index is 10.8. The zero-order valence-electron chi connectivity index (χ0n) is 43.7. The second-order valence-corrected chi connectivity index (χ2v) is 19.7. The Balaban J connectivity index is 0.00000152.